The Morgan fingerprint density at radius 1 is 1.35 bits per heavy atom. The summed E-state index contributed by atoms with van der Waals surface area (Å²) in [5.74, 6) is -0.653. The highest BCUT2D eigenvalue weighted by molar-refractivity contribution is 5.79. The van der Waals surface area contributed by atoms with E-state index >= 15 is 0 Å². The quantitative estimate of drug-likeness (QED) is 0.741. The average molecular weight is 244 g/mol. The summed E-state index contributed by atoms with van der Waals surface area (Å²) in [6.07, 6.45) is -4.36. The number of halogens is 3. The highest BCUT2D eigenvalue weighted by Gasteiger charge is 2.37. The van der Waals surface area contributed by atoms with Crippen molar-refractivity contribution < 1.29 is 18.0 Å². The molecule has 0 radical (unpaired) electrons. The van der Waals surface area contributed by atoms with Crippen molar-refractivity contribution in [3.63, 3.8) is 0 Å². The molecule has 1 aromatic carbocycles. The van der Waals surface area contributed by atoms with Crippen LogP contribution < -0.4 is 11.1 Å². The van der Waals surface area contributed by atoms with Crippen LogP contribution in [0.25, 0.3) is 0 Å². The standard InChI is InChI=1S/C11H11F3N2O/c12-11(13,14)9-4-7(15)1-2-8(9)6-3-10(17)16-5-6/h1-2,4,6H,3,5,15H2,(H,16,17)/t6-/m1/s1. The Bertz CT molecular complexity index is 457. The maximum Gasteiger partial charge on any atom is 0.416 e. The van der Waals surface area contributed by atoms with Crippen LogP contribution in [-0.2, 0) is 11.0 Å². The number of carbonyl (C=O) groups is 1. The normalized spacial score (nSPS) is 20.4. The van der Waals surface area contributed by atoms with Crippen LogP contribution in [0.3, 0.4) is 0 Å². The van der Waals surface area contributed by atoms with Gasteiger partial charge in [0.15, 0.2) is 0 Å². The molecule has 0 aromatic heterocycles. The second kappa shape index (κ2) is 3.94. The highest BCUT2D eigenvalue weighted by atomic mass is 19.4. The molecular weight excluding hydrogens is 233 g/mol. The molecule has 1 heterocycles. The summed E-state index contributed by atoms with van der Waals surface area (Å²) >= 11 is 0. The predicted octanol–water partition coefficient (Wildman–Crippen LogP) is 1.89. The number of nitrogens with two attached hydrogens (primary N) is 1. The third-order valence-corrected chi connectivity index (χ3v) is 2.80. The molecule has 0 unspecified atom stereocenters. The molecule has 0 spiro atoms. The van der Waals surface area contributed by atoms with Crippen LogP contribution in [0.2, 0.25) is 0 Å². The smallest absolute Gasteiger partial charge is 0.399 e. The summed E-state index contributed by atoms with van der Waals surface area (Å²) in [5, 5.41) is 2.52. The van der Waals surface area contributed by atoms with Gasteiger partial charge in [-0.25, -0.2) is 0 Å². The SMILES string of the molecule is Nc1ccc([C@H]2CNC(=O)C2)c(C(F)(F)F)c1. The van der Waals surface area contributed by atoms with Gasteiger partial charge in [-0.3, -0.25) is 4.79 Å². The van der Waals surface area contributed by atoms with Gasteiger partial charge < -0.3 is 11.1 Å². The molecule has 1 saturated heterocycles. The lowest BCUT2D eigenvalue weighted by atomic mass is 9.92. The third kappa shape index (κ3) is 2.35. The fourth-order valence-electron chi connectivity index (χ4n) is 2.00. The van der Waals surface area contributed by atoms with Crippen LogP contribution in [0.15, 0.2) is 18.2 Å². The molecule has 1 fully saturated rings. The molecule has 3 N–H and O–H groups in total. The minimum atomic E-state index is -4.45. The first-order valence-electron chi connectivity index (χ1n) is 5.11. The van der Waals surface area contributed by atoms with Gasteiger partial charge in [-0.05, 0) is 17.7 Å². The first-order valence-corrected chi connectivity index (χ1v) is 5.11. The van der Waals surface area contributed by atoms with E-state index < -0.39 is 17.7 Å². The van der Waals surface area contributed by atoms with E-state index in [9.17, 15) is 18.0 Å². The number of nitrogens with one attached hydrogen (secondary N) is 1. The van der Waals surface area contributed by atoms with Gasteiger partial charge in [0.2, 0.25) is 5.91 Å². The summed E-state index contributed by atoms with van der Waals surface area (Å²) in [4.78, 5) is 11.0. The Hall–Kier alpha value is -1.72. The number of alkyl halides is 3. The van der Waals surface area contributed by atoms with E-state index in [1.165, 1.54) is 12.1 Å². The van der Waals surface area contributed by atoms with Crippen LogP contribution in [-0.4, -0.2) is 12.5 Å². The van der Waals surface area contributed by atoms with Crippen molar-refractivity contribution in [3.8, 4) is 0 Å². The Morgan fingerprint density at radius 3 is 2.59 bits per heavy atom. The number of amides is 1. The van der Waals surface area contributed by atoms with E-state index in [1.54, 1.807) is 0 Å². The van der Waals surface area contributed by atoms with Crippen molar-refractivity contribution in [2.24, 2.45) is 0 Å². The van der Waals surface area contributed by atoms with E-state index in [4.69, 9.17) is 5.73 Å². The second-order valence-corrected chi connectivity index (χ2v) is 4.05. The molecule has 0 aliphatic carbocycles. The Morgan fingerprint density at radius 2 is 2.06 bits per heavy atom. The van der Waals surface area contributed by atoms with E-state index in [0.29, 0.717) is 0 Å². The number of benzene rings is 1. The lowest BCUT2D eigenvalue weighted by Gasteiger charge is -2.17. The van der Waals surface area contributed by atoms with Crippen molar-refractivity contribution >= 4 is 11.6 Å². The zero-order valence-electron chi connectivity index (χ0n) is 8.84. The van der Waals surface area contributed by atoms with Gasteiger partial charge in [-0.15, -0.1) is 0 Å². The topological polar surface area (TPSA) is 55.1 Å². The first-order chi connectivity index (χ1) is 7.88. The zero-order chi connectivity index (χ0) is 12.6. The van der Waals surface area contributed by atoms with Crippen molar-refractivity contribution in [2.75, 3.05) is 12.3 Å². The van der Waals surface area contributed by atoms with Gasteiger partial charge >= 0.3 is 6.18 Å². The molecule has 0 bridgehead atoms. The fourth-order valence-corrected chi connectivity index (χ4v) is 2.00. The molecule has 92 valence electrons. The Kier molecular flexibility index (Phi) is 2.73. The van der Waals surface area contributed by atoms with Gasteiger partial charge in [-0.1, -0.05) is 6.07 Å². The van der Waals surface area contributed by atoms with Crippen LogP contribution in [0.5, 0.6) is 0 Å². The molecular formula is C11H11F3N2O. The lowest BCUT2D eigenvalue weighted by molar-refractivity contribution is -0.138. The van der Waals surface area contributed by atoms with Crippen LogP contribution in [0, 0.1) is 0 Å². The zero-order valence-corrected chi connectivity index (χ0v) is 8.84. The largest absolute Gasteiger partial charge is 0.416 e. The number of rotatable bonds is 1. The summed E-state index contributed by atoms with van der Waals surface area (Å²) in [5.41, 5.74) is 4.81. The van der Waals surface area contributed by atoms with Gasteiger partial charge in [0, 0.05) is 24.6 Å². The monoisotopic (exact) mass is 244 g/mol. The van der Waals surface area contributed by atoms with Crippen LogP contribution >= 0.6 is 0 Å². The highest BCUT2D eigenvalue weighted by Crippen LogP contribution is 2.38. The Balaban J connectivity index is 2.43. The van der Waals surface area contributed by atoms with Crippen molar-refractivity contribution in [1.29, 1.82) is 0 Å². The van der Waals surface area contributed by atoms with E-state index in [0.717, 1.165) is 6.07 Å². The van der Waals surface area contributed by atoms with Gasteiger partial charge in [-0.2, -0.15) is 13.2 Å². The van der Waals surface area contributed by atoms with E-state index in [1.807, 2.05) is 0 Å². The van der Waals surface area contributed by atoms with Gasteiger partial charge in [0.05, 0.1) is 5.56 Å². The minimum absolute atomic E-state index is 0.0679. The summed E-state index contributed by atoms with van der Waals surface area (Å²) in [7, 11) is 0. The summed E-state index contributed by atoms with van der Waals surface area (Å²) in [6.45, 7) is 0.242. The number of hydrogen-bond acceptors (Lipinski definition) is 2. The van der Waals surface area contributed by atoms with E-state index in [-0.39, 0.29) is 30.1 Å². The minimum Gasteiger partial charge on any atom is -0.399 e. The molecule has 0 saturated carbocycles. The van der Waals surface area contributed by atoms with Crippen molar-refractivity contribution in [3.05, 3.63) is 29.3 Å². The van der Waals surface area contributed by atoms with E-state index in [2.05, 4.69) is 5.32 Å². The van der Waals surface area contributed by atoms with Gasteiger partial charge in [0.1, 0.15) is 0 Å². The number of anilines is 1. The number of nitrogen functional groups attached to an aromatic ring is 1. The fraction of sp³-hybridized carbons (Fsp3) is 0.364. The number of hydrogen-bond donors (Lipinski definition) is 2. The van der Waals surface area contributed by atoms with Gasteiger partial charge in [0.25, 0.3) is 0 Å². The van der Waals surface area contributed by atoms with Crippen LogP contribution in [0.1, 0.15) is 23.5 Å². The predicted molar refractivity (Wildman–Crippen MR) is 56.2 cm³/mol. The molecule has 1 amide bonds. The average Bonchev–Trinajstić information content (AvgIpc) is 2.63. The molecule has 2 rings (SSSR count). The number of carbonyl (C=O) groups excluding carboxylic acids is 1. The first kappa shape index (κ1) is 11.8. The molecule has 6 heteroatoms. The molecule has 1 aromatic rings. The second-order valence-electron chi connectivity index (χ2n) is 4.05. The van der Waals surface area contributed by atoms with Crippen molar-refractivity contribution in [2.45, 2.75) is 18.5 Å². The summed E-state index contributed by atoms with van der Waals surface area (Å²) in [6, 6.07) is 3.69. The lowest BCUT2D eigenvalue weighted by Crippen LogP contribution is -2.15. The molecule has 3 nitrogen and oxygen atoms in total. The van der Waals surface area contributed by atoms with Crippen molar-refractivity contribution in [1.82, 2.24) is 5.32 Å². The third-order valence-electron chi connectivity index (χ3n) is 2.80. The molecule has 1 aliphatic rings. The van der Waals surface area contributed by atoms with Crippen LogP contribution in [0.4, 0.5) is 18.9 Å². The molecule has 1 atom stereocenters. The maximum absolute atomic E-state index is 12.8. The molecule has 17 heavy (non-hydrogen) atoms. The summed E-state index contributed by atoms with van der Waals surface area (Å²) < 4.78 is 38.5. The Labute approximate surface area is 95.8 Å². The maximum atomic E-state index is 12.8. The molecule has 1 aliphatic heterocycles.